The molecule has 0 amide bonds. The molecule has 1 heterocycles. The molecule has 3 aromatic rings. The number of anilines is 1. The zero-order valence-electron chi connectivity index (χ0n) is 10.8. The lowest BCUT2D eigenvalue weighted by atomic mass is 10.2. The van der Waals surface area contributed by atoms with E-state index in [1.807, 2.05) is 47.2 Å². The van der Waals surface area contributed by atoms with Crippen molar-refractivity contribution in [3.63, 3.8) is 0 Å². The summed E-state index contributed by atoms with van der Waals surface area (Å²) in [4.78, 5) is 4.09. The predicted octanol–water partition coefficient (Wildman–Crippen LogP) is 4.14. The Hall–Kier alpha value is -2.26. The fourth-order valence-corrected chi connectivity index (χ4v) is 2.18. The third-order valence-electron chi connectivity index (χ3n) is 3.08. The number of rotatable bonds is 4. The summed E-state index contributed by atoms with van der Waals surface area (Å²) < 4.78 is 1.99. The summed E-state index contributed by atoms with van der Waals surface area (Å²) in [6.07, 6.45) is 5.50. The highest BCUT2D eigenvalue weighted by Crippen LogP contribution is 2.20. The van der Waals surface area contributed by atoms with Gasteiger partial charge in [-0.3, -0.25) is 0 Å². The SMILES string of the molecule is Clc1ccc(CNc2ccccc2-n2ccnc2)cc1. The molecule has 2 aromatic carbocycles. The highest BCUT2D eigenvalue weighted by atomic mass is 35.5. The Labute approximate surface area is 122 Å². The third kappa shape index (κ3) is 2.83. The van der Waals surface area contributed by atoms with Crippen molar-refractivity contribution < 1.29 is 0 Å². The van der Waals surface area contributed by atoms with E-state index in [2.05, 4.69) is 22.4 Å². The summed E-state index contributed by atoms with van der Waals surface area (Å²) >= 11 is 5.89. The molecule has 3 nitrogen and oxygen atoms in total. The van der Waals surface area contributed by atoms with Gasteiger partial charge in [-0.25, -0.2) is 4.98 Å². The van der Waals surface area contributed by atoms with Gasteiger partial charge < -0.3 is 9.88 Å². The van der Waals surface area contributed by atoms with E-state index in [1.165, 1.54) is 5.56 Å². The third-order valence-corrected chi connectivity index (χ3v) is 3.33. The van der Waals surface area contributed by atoms with Crippen molar-refractivity contribution in [2.75, 3.05) is 5.32 Å². The Morgan fingerprint density at radius 1 is 1.05 bits per heavy atom. The van der Waals surface area contributed by atoms with Crippen LogP contribution in [-0.4, -0.2) is 9.55 Å². The van der Waals surface area contributed by atoms with Crippen LogP contribution >= 0.6 is 11.6 Å². The van der Waals surface area contributed by atoms with Crippen molar-refractivity contribution in [3.05, 3.63) is 77.8 Å². The Bertz CT molecular complexity index is 675. The number of halogens is 1. The van der Waals surface area contributed by atoms with Crippen molar-refractivity contribution in [2.24, 2.45) is 0 Å². The maximum atomic E-state index is 5.89. The molecule has 0 aliphatic rings. The lowest BCUT2D eigenvalue weighted by Gasteiger charge is -2.12. The number of benzene rings is 2. The number of imidazole rings is 1. The second-order valence-electron chi connectivity index (χ2n) is 4.47. The van der Waals surface area contributed by atoms with Crippen molar-refractivity contribution in [1.82, 2.24) is 9.55 Å². The molecule has 0 saturated carbocycles. The first-order valence-electron chi connectivity index (χ1n) is 6.38. The summed E-state index contributed by atoms with van der Waals surface area (Å²) in [5.74, 6) is 0. The molecule has 0 unspecified atom stereocenters. The number of hydrogen-bond acceptors (Lipinski definition) is 2. The van der Waals surface area contributed by atoms with Gasteiger partial charge in [0, 0.05) is 24.0 Å². The summed E-state index contributed by atoms with van der Waals surface area (Å²) in [7, 11) is 0. The van der Waals surface area contributed by atoms with Crippen LogP contribution in [0.5, 0.6) is 0 Å². The molecule has 3 rings (SSSR count). The molecule has 0 saturated heterocycles. The summed E-state index contributed by atoms with van der Waals surface area (Å²) in [6.45, 7) is 0.753. The van der Waals surface area contributed by atoms with E-state index < -0.39 is 0 Å². The van der Waals surface area contributed by atoms with Gasteiger partial charge in [0.05, 0.1) is 17.7 Å². The number of aromatic nitrogens is 2. The monoisotopic (exact) mass is 283 g/mol. The van der Waals surface area contributed by atoms with Crippen LogP contribution in [0.1, 0.15) is 5.56 Å². The maximum absolute atomic E-state index is 5.89. The fourth-order valence-electron chi connectivity index (χ4n) is 2.05. The minimum atomic E-state index is 0.753. The normalized spacial score (nSPS) is 10.4. The van der Waals surface area contributed by atoms with Gasteiger partial charge in [0.25, 0.3) is 0 Å². The van der Waals surface area contributed by atoms with Gasteiger partial charge in [-0.15, -0.1) is 0 Å². The molecule has 1 N–H and O–H groups in total. The van der Waals surface area contributed by atoms with Gasteiger partial charge in [0.1, 0.15) is 0 Å². The van der Waals surface area contributed by atoms with Crippen LogP contribution in [0.25, 0.3) is 5.69 Å². The first-order valence-corrected chi connectivity index (χ1v) is 6.76. The maximum Gasteiger partial charge on any atom is 0.0992 e. The first kappa shape index (κ1) is 12.8. The summed E-state index contributed by atoms with van der Waals surface area (Å²) in [5, 5.41) is 4.20. The summed E-state index contributed by atoms with van der Waals surface area (Å²) in [5.41, 5.74) is 3.34. The van der Waals surface area contributed by atoms with Crippen LogP contribution in [0.2, 0.25) is 5.02 Å². The van der Waals surface area contributed by atoms with E-state index in [4.69, 9.17) is 11.6 Å². The molecular weight excluding hydrogens is 270 g/mol. The highest BCUT2D eigenvalue weighted by molar-refractivity contribution is 6.30. The van der Waals surface area contributed by atoms with Crippen LogP contribution in [0.4, 0.5) is 5.69 Å². The lowest BCUT2D eigenvalue weighted by Crippen LogP contribution is -2.03. The van der Waals surface area contributed by atoms with E-state index >= 15 is 0 Å². The van der Waals surface area contributed by atoms with Crippen molar-refractivity contribution in [3.8, 4) is 5.69 Å². The first-order chi connectivity index (χ1) is 9.83. The van der Waals surface area contributed by atoms with Gasteiger partial charge in [0.2, 0.25) is 0 Å². The van der Waals surface area contributed by atoms with E-state index in [-0.39, 0.29) is 0 Å². The average Bonchev–Trinajstić information content (AvgIpc) is 3.01. The largest absolute Gasteiger partial charge is 0.379 e. The van der Waals surface area contributed by atoms with Crippen molar-refractivity contribution in [2.45, 2.75) is 6.54 Å². The van der Waals surface area contributed by atoms with E-state index in [0.717, 1.165) is 22.9 Å². The minimum absolute atomic E-state index is 0.753. The topological polar surface area (TPSA) is 29.9 Å². The standard InChI is InChI=1S/C16H14ClN3/c17-14-7-5-13(6-8-14)11-19-15-3-1-2-4-16(15)20-10-9-18-12-20/h1-10,12,19H,11H2. The quantitative estimate of drug-likeness (QED) is 0.780. The van der Waals surface area contributed by atoms with E-state index in [0.29, 0.717) is 0 Å². The van der Waals surface area contributed by atoms with Crippen LogP contribution in [0.3, 0.4) is 0 Å². The van der Waals surface area contributed by atoms with Gasteiger partial charge in [-0.05, 0) is 29.8 Å². The molecule has 0 fully saturated rings. The molecule has 0 bridgehead atoms. The van der Waals surface area contributed by atoms with E-state index in [9.17, 15) is 0 Å². The number of hydrogen-bond donors (Lipinski definition) is 1. The molecule has 0 spiro atoms. The van der Waals surface area contributed by atoms with Crippen LogP contribution in [0.15, 0.2) is 67.3 Å². The van der Waals surface area contributed by atoms with Crippen molar-refractivity contribution >= 4 is 17.3 Å². The van der Waals surface area contributed by atoms with Gasteiger partial charge >= 0.3 is 0 Å². The Morgan fingerprint density at radius 2 is 1.85 bits per heavy atom. The van der Waals surface area contributed by atoms with E-state index in [1.54, 1.807) is 12.5 Å². The van der Waals surface area contributed by atoms with Crippen LogP contribution in [-0.2, 0) is 6.54 Å². The smallest absolute Gasteiger partial charge is 0.0992 e. The second kappa shape index (κ2) is 5.80. The fraction of sp³-hybridized carbons (Fsp3) is 0.0625. The number of nitrogens with one attached hydrogen (secondary N) is 1. The Morgan fingerprint density at radius 3 is 2.60 bits per heavy atom. The second-order valence-corrected chi connectivity index (χ2v) is 4.90. The number of para-hydroxylation sites is 2. The molecule has 0 radical (unpaired) electrons. The Balaban J connectivity index is 1.79. The Kier molecular flexibility index (Phi) is 3.70. The molecular formula is C16H14ClN3. The minimum Gasteiger partial charge on any atom is -0.379 e. The highest BCUT2D eigenvalue weighted by Gasteiger charge is 2.03. The molecule has 20 heavy (non-hydrogen) atoms. The zero-order chi connectivity index (χ0) is 13.8. The average molecular weight is 284 g/mol. The number of nitrogens with zero attached hydrogens (tertiary/aromatic N) is 2. The molecule has 0 aliphatic carbocycles. The molecule has 0 atom stereocenters. The predicted molar refractivity (Wildman–Crippen MR) is 82.3 cm³/mol. The zero-order valence-corrected chi connectivity index (χ0v) is 11.6. The van der Waals surface area contributed by atoms with Crippen molar-refractivity contribution in [1.29, 1.82) is 0 Å². The molecule has 1 aromatic heterocycles. The van der Waals surface area contributed by atoms with Gasteiger partial charge in [0.15, 0.2) is 0 Å². The lowest BCUT2D eigenvalue weighted by molar-refractivity contribution is 1.04. The molecule has 0 aliphatic heterocycles. The van der Waals surface area contributed by atoms with Crippen LogP contribution < -0.4 is 5.32 Å². The molecule has 4 heteroatoms. The molecule has 100 valence electrons. The van der Waals surface area contributed by atoms with Gasteiger partial charge in [-0.2, -0.15) is 0 Å². The summed E-state index contributed by atoms with van der Waals surface area (Å²) in [6, 6.07) is 16.0. The van der Waals surface area contributed by atoms with Crippen LogP contribution in [0, 0.1) is 0 Å². The van der Waals surface area contributed by atoms with Gasteiger partial charge in [-0.1, -0.05) is 35.9 Å².